The van der Waals surface area contributed by atoms with Gasteiger partial charge in [0.05, 0.1) is 0 Å². The number of unbranched alkanes of at least 4 members (excludes halogenated alkanes) is 1. The Hall–Kier alpha value is -0.120. The lowest BCUT2D eigenvalue weighted by molar-refractivity contribution is 0.0275. The number of hydrogen-bond acceptors (Lipinski definition) is 3. The summed E-state index contributed by atoms with van der Waals surface area (Å²) >= 11 is 0. The summed E-state index contributed by atoms with van der Waals surface area (Å²) in [6.07, 6.45) is 6.75. The maximum atomic E-state index is 3.20. The zero-order chi connectivity index (χ0) is 12.0. The highest BCUT2D eigenvalue weighted by atomic mass is 15.2. The van der Waals surface area contributed by atoms with Gasteiger partial charge in [0.2, 0.25) is 0 Å². The van der Waals surface area contributed by atoms with Gasteiger partial charge < -0.3 is 15.1 Å². The predicted octanol–water partition coefficient (Wildman–Crippen LogP) is 1.40. The molecule has 0 radical (unpaired) electrons. The van der Waals surface area contributed by atoms with E-state index < -0.39 is 0 Å². The highest BCUT2D eigenvalue weighted by Gasteiger charge is 2.39. The van der Waals surface area contributed by atoms with Crippen molar-refractivity contribution in [3.8, 4) is 0 Å². The predicted molar refractivity (Wildman–Crippen MR) is 70.9 cm³/mol. The molecule has 1 fully saturated rings. The molecule has 0 atom stereocenters. The Morgan fingerprint density at radius 3 is 2.25 bits per heavy atom. The molecule has 0 unspecified atom stereocenters. The molecule has 96 valence electrons. The molecule has 0 aromatic heterocycles. The fourth-order valence-electron chi connectivity index (χ4n) is 2.60. The van der Waals surface area contributed by atoms with Gasteiger partial charge in [-0.3, -0.25) is 0 Å². The lowest BCUT2D eigenvalue weighted by Crippen LogP contribution is -2.56. The van der Waals surface area contributed by atoms with Crippen molar-refractivity contribution in [2.75, 3.05) is 47.8 Å². The first-order valence-corrected chi connectivity index (χ1v) is 6.61. The van der Waals surface area contributed by atoms with Crippen LogP contribution in [0.25, 0.3) is 0 Å². The van der Waals surface area contributed by atoms with Gasteiger partial charge >= 0.3 is 0 Å². The summed E-state index contributed by atoms with van der Waals surface area (Å²) < 4.78 is 0. The second kappa shape index (κ2) is 6.58. The number of rotatable bonds is 8. The Bertz CT molecular complexity index is 188. The van der Waals surface area contributed by atoms with Gasteiger partial charge in [0.1, 0.15) is 0 Å². The van der Waals surface area contributed by atoms with E-state index in [0.717, 1.165) is 6.54 Å². The minimum atomic E-state index is 0.484. The molecule has 1 saturated carbocycles. The topological polar surface area (TPSA) is 18.5 Å². The van der Waals surface area contributed by atoms with Crippen LogP contribution in [0.15, 0.2) is 0 Å². The highest BCUT2D eigenvalue weighted by Crippen LogP contribution is 2.36. The van der Waals surface area contributed by atoms with Gasteiger partial charge in [-0.05, 0) is 73.4 Å². The molecule has 3 nitrogen and oxygen atoms in total. The van der Waals surface area contributed by atoms with Crippen LogP contribution in [0.4, 0.5) is 0 Å². The molecule has 1 N–H and O–H groups in total. The third-order valence-electron chi connectivity index (χ3n) is 4.01. The van der Waals surface area contributed by atoms with Crippen molar-refractivity contribution in [3.05, 3.63) is 0 Å². The first kappa shape index (κ1) is 13.9. The third kappa shape index (κ3) is 3.72. The Morgan fingerprint density at radius 2 is 1.81 bits per heavy atom. The molecule has 16 heavy (non-hydrogen) atoms. The van der Waals surface area contributed by atoms with Crippen molar-refractivity contribution in [2.24, 2.45) is 0 Å². The van der Waals surface area contributed by atoms with E-state index in [9.17, 15) is 0 Å². The van der Waals surface area contributed by atoms with Crippen LogP contribution in [0.5, 0.6) is 0 Å². The molecule has 0 heterocycles. The summed E-state index contributed by atoms with van der Waals surface area (Å²) in [5, 5.41) is 3.20. The molecular weight excluding hydrogens is 198 g/mol. The molecule has 0 bridgehead atoms. The minimum Gasteiger partial charge on any atom is -0.320 e. The average molecular weight is 227 g/mol. The summed E-state index contributed by atoms with van der Waals surface area (Å²) in [4.78, 5) is 4.94. The molecule has 1 aliphatic rings. The van der Waals surface area contributed by atoms with Crippen LogP contribution in [0.1, 0.15) is 32.1 Å². The van der Waals surface area contributed by atoms with Gasteiger partial charge in [-0.2, -0.15) is 0 Å². The van der Waals surface area contributed by atoms with Gasteiger partial charge in [0.15, 0.2) is 0 Å². The maximum absolute atomic E-state index is 3.20. The van der Waals surface area contributed by atoms with Gasteiger partial charge in [0, 0.05) is 12.1 Å². The van der Waals surface area contributed by atoms with Crippen LogP contribution >= 0.6 is 0 Å². The van der Waals surface area contributed by atoms with E-state index in [4.69, 9.17) is 0 Å². The normalized spacial score (nSPS) is 19.1. The van der Waals surface area contributed by atoms with Crippen LogP contribution in [-0.2, 0) is 0 Å². The summed E-state index contributed by atoms with van der Waals surface area (Å²) in [5.41, 5.74) is 0.484. The van der Waals surface area contributed by atoms with Gasteiger partial charge in [-0.15, -0.1) is 0 Å². The zero-order valence-corrected chi connectivity index (χ0v) is 11.6. The Balaban J connectivity index is 2.19. The minimum absolute atomic E-state index is 0.484. The van der Waals surface area contributed by atoms with Crippen LogP contribution in [0.2, 0.25) is 0 Å². The van der Waals surface area contributed by atoms with Gasteiger partial charge in [-0.25, -0.2) is 0 Å². The lowest BCUT2D eigenvalue weighted by Gasteiger charge is -2.49. The smallest absolute Gasteiger partial charge is 0.0330 e. The zero-order valence-electron chi connectivity index (χ0n) is 11.6. The standard InChI is InChI=1S/C13H29N3/c1-14-10-5-6-11-16(4)12-13(15(2)3)8-7-9-13/h14H,5-12H2,1-4H3. The van der Waals surface area contributed by atoms with Crippen LogP contribution < -0.4 is 5.32 Å². The fraction of sp³-hybridized carbons (Fsp3) is 1.00. The van der Waals surface area contributed by atoms with Gasteiger partial charge in [0.25, 0.3) is 0 Å². The summed E-state index contributed by atoms with van der Waals surface area (Å²) in [7, 11) is 8.75. The molecule has 0 aromatic rings. The molecule has 0 spiro atoms. The fourth-order valence-corrected chi connectivity index (χ4v) is 2.60. The van der Waals surface area contributed by atoms with Crippen LogP contribution in [-0.4, -0.2) is 63.2 Å². The molecular formula is C13H29N3. The molecule has 1 rings (SSSR count). The van der Waals surface area contributed by atoms with E-state index in [1.54, 1.807) is 0 Å². The Morgan fingerprint density at radius 1 is 1.12 bits per heavy atom. The van der Waals surface area contributed by atoms with Crippen molar-refractivity contribution in [1.29, 1.82) is 0 Å². The molecule has 0 saturated heterocycles. The Kier molecular flexibility index (Phi) is 5.73. The van der Waals surface area contributed by atoms with Crippen molar-refractivity contribution >= 4 is 0 Å². The van der Waals surface area contributed by atoms with Crippen molar-refractivity contribution in [2.45, 2.75) is 37.6 Å². The third-order valence-corrected chi connectivity index (χ3v) is 4.01. The first-order valence-electron chi connectivity index (χ1n) is 6.61. The molecule has 0 aromatic carbocycles. The van der Waals surface area contributed by atoms with E-state index in [1.807, 2.05) is 7.05 Å². The first-order chi connectivity index (χ1) is 7.60. The van der Waals surface area contributed by atoms with Crippen LogP contribution in [0, 0.1) is 0 Å². The second-order valence-electron chi connectivity index (χ2n) is 5.52. The maximum Gasteiger partial charge on any atom is 0.0330 e. The number of nitrogens with one attached hydrogen (secondary N) is 1. The van der Waals surface area contributed by atoms with Crippen molar-refractivity contribution < 1.29 is 0 Å². The van der Waals surface area contributed by atoms with E-state index in [0.29, 0.717) is 5.54 Å². The molecule has 1 aliphatic carbocycles. The van der Waals surface area contributed by atoms with Crippen LogP contribution in [0.3, 0.4) is 0 Å². The Labute approximate surface area is 101 Å². The number of likely N-dealkylation sites (N-methyl/N-ethyl adjacent to an activating group) is 2. The highest BCUT2D eigenvalue weighted by molar-refractivity contribution is 4.97. The van der Waals surface area contributed by atoms with Gasteiger partial charge in [-0.1, -0.05) is 0 Å². The summed E-state index contributed by atoms with van der Waals surface area (Å²) in [5.74, 6) is 0. The number of hydrogen-bond donors (Lipinski definition) is 1. The van der Waals surface area contributed by atoms with Crippen molar-refractivity contribution in [3.63, 3.8) is 0 Å². The van der Waals surface area contributed by atoms with Crippen molar-refractivity contribution in [1.82, 2.24) is 15.1 Å². The average Bonchev–Trinajstić information content (AvgIpc) is 2.18. The molecule has 0 aliphatic heterocycles. The SMILES string of the molecule is CNCCCCN(C)CC1(N(C)C)CCC1. The van der Waals surface area contributed by atoms with E-state index in [-0.39, 0.29) is 0 Å². The summed E-state index contributed by atoms with van der Waals surface area (Å²) in [6.45, 7) is 3.61. The quantitative estimate of drug-likeness (QED) is 0.632. The molecule has 3 heteroatoms. The monoisotopic (exact) mass is 227 g/mol. The summed E-state index contributed by atoms with van der Waals surface area (Å²) in [6, 6.07) is 0. The van der Waals surface area contributed by atoms with E-state index >= 15 is 0 Å². The van der Waals surface area contributed by atoms with E-state index in [1.165, 1.54) is 45.2 Å². The molecule has 0 amide bonds. The largest absolute Gasteiger partial charge is 0.320 e. The van der Waals surface area contributed by atoms with E-state index in [2.05, 4.69) is 36.3 Å². The number of nitrogens with zero attached hydrogens (tertiary/aromatic N) is 2. The second-order valence-corrected chi connectivity index (χ2v) is 5.52. The lowest BCUT2D eigenvalue weighted by atomic mass is 9.75.